The number of benzene rings is 2. The minimum absolute atomic E-state index is 0.0876. The van der Waals surface area contributed by atoms with E-state index >= 15 is 0 Å². The van der Waals surface area contributed by atoms with Crippen molar-refractivity contribution in [3.63, 3.8) is 0 Å². The Morgan fingerprint density at radius 3 is 2.08 bits per heavy atom. The van der Waals surface area contributed by atoms with Crippen molar-refractivity contribution in [2.24, 2.45) is 0 Å². The van der Waals surface area contributed by atoms with Crippen LogP contribution in [0.2, 0.25) is 5.02 Å². The smallest absolute Gasteiger partial charge is 0.243 e. The van der Waals surface area contributed by atoms with Gasteiger partial charge >= 0.3 is 0 Å². The third-order valence-electron chi connectivity index (χ3n) is 6.09. The zero-order valence-electron chi connectivity index (χ0n) is 19.7. The number of nitrogens with zero attached hydrogens (tertiary/aromatic N) is 2. The maximum Gasteiger partial charge on any atom is 0.243 e. The summed E-state index contributed by atoms with van der Waals surface area (Å²) in [5.41, 5.74) is 0.799. The first kappa shape index (κ1) is 27.2. The van der Waals surface area contributed by atoms with Gasteiger partial charge in [-0.1, -0.05) is 30.5 Å². The third kappa shape index (κ3) is 6.36. The predicted molar refractivity (Wildman–Crippen MR) is 145 cm³/mol. The summed E-state index contributed by atoms with van der Waals surface area (Å²) in [5.74, 6) is 0. The molecule has 2 aromatic rings. The lowest BCUT2D eigenvalue weighted by Gasteiger charge is -2.26. The van der Waals surface area contributed by atoms with Gasteiger partial charge in [0.2, 0.25) is 20.0 Å². The Kier molecular flexibility index (Phi) is 8.87. The number of rotatable bonds is 6. The number of anilines is 2. The number of ether oxygens (including phenoxy) is 1. The fourth-order valence-corrected chi connectivity index (χ4v) is 7.54. The Bertz CT molecular complexity index is 1310. The van der Waals surface area contributed by atoms with E-state index in [4.69, 9.17) is 28.6 Å². The van der Waals surface area contributed by atoms with Gasteiger partial charge in [0.25, 0.3) is 0 Å². The lowest BCUT2D eigenvalue weighted by atomic mass is 10.2. The molecule has 2 N–H and O–H groups in total. The van der Waals surface area contributed by atoms with Crippen molar-refractivity contribution in [1.82, 2.24) is 8.61 Å². The summed E-state index contributed by atoms with van der Waals surface area (Å²) in [4.78, 5) is 0.276. The minimum Gasteiger partial charge on any atom is -0.379 e. The molecule has 0 radical (unpaired) electrons. The summed E-state index contributed by atoms with van der Waals surface area (Å²) >= 11 is 11.7. The fraction of sp³-hybridized carbons (Fsp3) is 0.435. The highest BCUT2D eigenvalue weighted by atomic mass is 35.5. The first-order chi connectivity index (χ1) is 17.2. The molecule has 2 fully saturated rings. The zero-order valence-corrected chi connectivity index (χ0v) is 22.9. The van der Waals surface area contributed by atoms with Crippen molar-refractivity contribution in [3.05, 3.63) is 47.5 Å². The molecular formula is C23H29ClN4O5S3. The van der Waals surface area contributed by atoms with Gasteiger partial charge in [0.1, 0.15) is 0 Å². The molecule has 0 unspecified atom stereocenters. The summed E-state index contributed by atoms with van der Waals surface area (Å²) in [6.45, 7) is 2.29. The molecular weight excluding hydrogens is 544 g/mol. The minimum atomic E-state index is -3.71. The van der Waals surface area contributed by atoms with Crippen LogP contribution in [0.15, 0.2) is 52.3 Å². The molecule has 2 aliphatic rings. The summed E-state index contributed by atoms with van der Waals surface area (Å²) in [5, 5.41) is 6.32. The number of morpholine rings is 1. The van der Waals surface area contributed by atoms with Crippen LogP contribution in [0.1, 0.15) is 25.7 Å². The normalized spacial score (nSPS) is 18.4. The topological polar surface area (TPSA) is 108 Å². The van der Waals surface area contributed by atoms with Crippen molar-refractivity contribution in [2.45, 2.75) is 35.5 Å². The molecule has 0 amide bonds. The van der Waals surface area contributed by atoms with Crippen LogP contribution in [0.25, 0.3) is 0 Å². The molecule has 9 nitrogen and oxygen atoms in total. The monoisotopic (exact) mass is 572 g/mol. The maximum atomic E-state index is 13.1. The summed E-state index contributed by atoms with van der Waals surface area (Å²) < 4.78 is 60.4. The van der Waals surface area contributed by atoms with E-state index in [2.05, 4.69) is 10.6 Å². The van der Waals surface area contributed by atoms with Gasteiger partial charge in [-0.25, -0.2) is 16.8 Å². The molecule has 0 saturated carbocycles. The van der Waals surface area contributed by atoms with Crippen LogP contribution >= 0.6 is 23.8 Å². The van der Waals surface area contributed by atoms with Gasteiger partial charge < -0.3 is 15.4 Å². The first-order valence-electron chi connectivity index (χ1n) is 11.7. The Balaban J connectivity index is 1.48. The van der Waals surface area contributed by atoms with Gasteiger partial charge in [0.15, 0.2) is 5.11 Å². The van der Waals surface area contributed by atoms with Crippen molar-refractivity contribution in [3.8, 4) is 0 Å². The highest BCUT2D eigenvalue weighted by Gasteiger charge is 2.27. The number of hydrogen-bond acceptors (Lipinski definition) is 6. The molecule has 36 heavy (non-hydrogen) atoms. The fourth-order valence-electron chi connectivity index (χ4n) is 4.15. The molecule has 2 heterocycles. The number of halogens is 1. The van der Waals surface area contributed by atoms with E-state index in [9.17, 15) is 16.8 Å². The largest absolute Gasteiger partial charge is 0.379 e. The summed E-state index contributed by atoms with van der Waals surface area (Å²) in [7, 11) is -7.33. The van der Waals surface area contributed by atoms with E-state index in [1.165, 1.54) is 32.9 Å². The van der Waals surface area contributed by atoms with E-state index in [0.29, 0.717) is 37.7 Å². The molecule has 2 aliphatic heterocycles. The van der Waals surface area contributed by atoms with E-state index < -0.39 is 20.0 Å². The van der Waals surface area contributed by atoms with Crippen LogP contribution in [-0.4, -0.2) is 70.0 Å². The molecule has 2 aromatic carbocycles. The van der Waals surface area contributed by atoms with Crippen LogP contribution in [0.5, 0.6) is 0 Å². The standard InChI is InChI=1S/C23H29ClN4O5S3/c24-21-9-8-20(36(31,32)28-12-14-33-15-13-28)17-22(21)26-23(34)25-18-6-5-7-19(16-18)35(29,30)27-10-3-1-2-4-11-27/h5-9,16-17H,1-4,10-15H2,(H2,25,26,34). The quantitative estimate of drug-likeness (QED) is 0.504. The highest BCUT2D eigenvalue weighted by Crippen LogP contribution is 2.28. The molecule has 2 saturated heterocycles. The maximum absolute atomic E-state index is 13.1. The second kappa shape index (κ2) is 11.7. The molecule has 13 heteroatoms. The molecule has 4 rings (SSSR count). The molecule has 0 spiro atoms. The number of thiocarbonyl (C=S) groups is 1. The summed E-state index contributed by atoms with van der Waals surface area (Å²) in [6.07, 6.45) is 3.77. The molecule has 196 valence electrons. The molecule has 0 aliphatic carbocycles. The third-order valence-corrected chi connectivity index (χ3v) is 10.4. The SMILES string of the molecule is O=S(=O)(c1cccc(NC(=S)Nc2cc(S(=O)(=O)N3CCOCC3)ccc2Cl)c1)N1CCCCCC1. The Morgan fingerprint density at radius 2 is 1.42 bits per heavy atom. The van der Waals surface area contributed by atoms with Crippen LogP contribution in [0, 0.1) is 0 Å². The molecule has 0 atom stereocenters. The van der Waals surface area contributed by atoms with Crippen LogP contribution in [0.4, 0.5) is 11.4 Å². The predicted octanol–water partition coefficient (Wildman–Crippen LogP) is 3.73. The average molecular weight is 573 g/mol. The van der Waals surface area contributed by atoms with Crippen LogP contribution in [0.3, 0.4) is 0 Å². The number of nitrogens with one attached hydrogen (secondary N) is 2. The van der Waals surface area contributed by atoms with Crippen molar-refractivity contribution >= 4 is 60.4 Å². The molecule has 0 bridgehead atoms. The van der Waals surface area contributed by atoms with Gasteiger partial charge in [0.05, 0.1) is 33.7 Å². The Labute approximate surface area is 222 Å². The average Bonchev–Trinajstić information content (AvgIpc) is 3.16. The van der Waals surface area contributed by atoms with E-state index in [1.807, 2.05) is 0 Å². The summed E-state index contributed by atoms with van der Waals surface area (Å²) in [6, 6.07) is 10.8. The van der Waals surface area contributed by atoms with E-state index in [0.717, 1.165) is 25.7 Å². The van der Waals surface area contributed by atoms with Gasteiger partial charge in [-0.15, -0.1) is 0 Å². The zero-order chi connectivity index (χ0) is 25.8. The Hall–Kier alpha value is -1.80. The highest BCUT2D eigenvalue weighted by molar-refractivity contribution is 7.89. The van der Waals surface area contributed by atoms with Crippen molar-refractivity contribution < 1.29 is 21.6 Å². The van der Waals surface area contributed by atoms with Crippen molar-refractivity contribution in [2.75, 3.05) is 50.0 Å². The lowest BCUT2D eigenvalue weighted by Crippen LogP contribution is -2.40. The van der Waals surface area contributed by atoms with E-state index in [1.54, 1.807) is 18.2 Å². The van der Waals surface area contributed by atoms with E-state index in [-0.39, 0.29) is 33.0 Å². The van der Waals surface area contributed by atoms with Crippen molar-refractivity contribution in [1.29, 1.82) is 0 Å². The number of sulfonamides is 2. The Morgan fingerprint density at radius 1 is 0.806 bits per heavy atom. The second-order valence-electron chi connectivity index (χ2n) is 8.58. The van der Waals surface area contributed by atoms with Gasteiger partial charge in [-0.3, -0.25) is 0 Å². The lowest BCUT2D eigenvalue weighted by molar-refractivity contribution is 0.0730. The molecule has 0 aromatic heterocycles. The van der Waals surface area contributed by atoms with Crippen LogP contribution < -0.4 is 10.6 Å². The first-order valence-corrected chi connectivity index (χ1v) is 15.4. The van der Waals surface area contributed by atoms with Gasteiger partial charge in [-0.05, 0) is 61.5 Å². The van der Waals surface area contributed by atoms with Gasteiger partial charge in [0, 0.05) is 31.9 Å². The van der Waals surface area contributed by atoms with Gasteiger partial charge in [-0.2, -0.15) is 8.61 Å². The van der Waals surface area contributed by atoms with Crippen LogP contribution in [-0.2, 0) is 24.8 Å². The number of hydrogen-bond donors (Lipinski definition) is 2. The second-order valence-corrected chi connectivity index (χ2v) is 13.3.